The lowest BCUT2D eigenvalue weighted by molar-refractivity contribution is -0.123. The first kappa shape index (κ1) is 21.0. The van der Waals surface area contributed by atoms with E-state index in [2.05, 4.69) is 5.32 Å². The van der Waals surface area contributed by atoms with E-state index in [4.69, 9.17) is 9.47 Å². The van der Waals surface area contributed by atoms with Crippen LogP contribution in [0.1, 0.15) is 22.8 Å². The number of benzene rings is 3. The van der Waals surface area contributed by atoms with Gasteiger partial charge in [-0.1, -0.05) is 36.4 Å². The number of carbonyl (C=O) groups is 2. The molecule has 0 spiro atoms. The Bertz CT molecular complexity index is 1000. The number of hydrogen-bond donors (Lipinski definition) is 1. The van der Waals surface area contributed by atoms with Crippen molar-refractivity contribution in [2.45, 2.75) is 19.6 Å². The Labute approximate surface area is 172 Å². The van der Waals surface area contributed by atoms with Crippen molar-refractivity contribution >= 4 is 17.6 Å². The van der Waals surface area contributed by atoms with E-state index in [-0.39, 0.29) is 0 Å². The molecule has 7 heteroatoms. The molecule has 1 atom stereocenters. The van der Waals surface area contributed by atoms with Crippen LogP contribution in [0.25, 0.3) is 0 Å². The van der Waals surface area contributed by atoms with Crippen molar-refractivity contribution in [1.29, 1.82) is 0 Å². The van der Waals surface area contributed by atoms with Gasteiger partial charge in [0.25, 0.3) is 5.91 Å². The van der Waals surface area contributed by atoms with Crippen LogP contribution in [-0.2, 0) is 16.1 Å². The molecule has 0 aromatic heterocycles. The molecule has 0 saturated heterocycles. The summed E-state index contributed by atoms with van der Waals surface area (Å²) in [6, 6.07) is 19.3. The molecule has 0 unspecified atom stereocenters. The molecule has 0 saturated carbocycles. The van der Waals surface area contributed by atoms with E-state index < -0.39 is 35.2 Å². The highest BCUT2D eigenvalue weighted by Crippen LogP contribution is 2.18. The van der Waals surface area contributed by atoms with Gasteiger partial charge < -0.3 is 14.8 Å². The zero-order valence-electron chi connectivity index (χ0n) is 16.1. The third kappa shape index (κ3) is 5.41. The molecule has 0 aliphatic heterocycles. The number of ether oxygens (including phenoxy) is 2. The Kier molecular flexibility index (Phi) is 6.75. The first-order valence-electron chi connectivity index (χ1n) is 9.16. The molecule has 1 amide bonds. The highest BCUT2D eigenvalue weighted by atomic mass is 19.1. The molecular formula is C23H19F2NO4. The first-order valence-corrected chi connectivity index (χ1v) is 9.16. The van der Waals surface area contributed by atoms with Crippen LogP contribution < -0.4 is 10.1 Å². The molecule has 154 valence electrons. The highest BCUT2D eigenvalue weighted by molar-refractivity contribution is 5.97. The number of anilines is 1. The van der Waals surface area contributed by atoms with Crippen molar-refractivity contribution in [3.05, 3.63) is 95.6 Å². The number of amides is 1. The Hall–Kier alpha value is -3.74. The summed E-state index contributed by atoms with van der Waals surface area (Å²) < 4.78 is 37.9. The van der Waals surface area contributed by atoms with Gasteiger partial charge in [-0.05, 0) is 48.9 Å². The van der Waals surface area contributed by atoms with Crippen LogP contribution in [0.15, 0.2) is 72.8 Å². The fourth-order valence-electron chi connectivity index (χ4n) is 2.59. The smallest absolute Gasteiger partial charge is 0.344 e. The Morgan fingerprint density at radius 3 is 2.17 bits per heavy atom. The predicted molar refractivity (Wildman–Crippen MR) is 107 cm³/mol. The van der Waals surface area contributed by atoms with Crippen molar-refractivity contribution in [2.24, 2.45) is 0 Å². The summed E-state index contributed by atoms with van der Waals surface area (Å²) in [5.41, 5.74) is 0.640. The fourth-order valence-corrected chi connectivity index (χ4v) is 2.59. The van der Waals surface area contributed by atoms with Gasteiger partial charge in [-0.3, -0.25) is 4.79 Å². The molecule has 5 nitrogen and oxygen atoms in total. The molecule has 0 heterocycles. The number of carbonyl (C=O) groups excluding carboxylic acids is 2. The summed E-state index contributed by atoms with van der Waals surface area (Å²) in [5, 5.41) is 2.57. The number of halogens is 2. The van der Waals surface area contributed by atoms with Crippen molar-refractivity contribution in [3.63, 3.8) is 0 Å². The van der Waals surface area contributed by atoms with E-state index in [1.54, 1.807) is 24.3 Å². The van der Waals surface area contributed by atoms with Gasteiger partial charge in [0.1, 0.15) is 29.6 Å². The van der Waals surface area contributed by atoms with Crippen LogP contribution in [0, 0.1) is 11.6 Å². The van der Waals surface area contributed by atoms with E-state index in [1.165, 1.54) is 6.92 Å². The average molecular weight is 411 g/mol. The van der Waals surface area contributed by atoms with Crippen LogP contribution >= 0.6 is 0 Å². The SMILES string of the molecule is C[C@@H](OC(=O)c1c(F)cccc1F)C(=O)Nc1ccc(OCc2ccccc2)cc1. The lowest BCUT2D eigenvalue weighted by atomic mass is 10.2. The van der Waals surface area contributed by atoms with E-state index in [1.807, 2.05) is 30.3 Å². The van der Waals surface area contributed by atoms with E-state index in [0.29, 0.717) is 18.0 Å². The van der Waals surface area contributed by atoms with Crippen molar-refractivity contribution in [2.75, 3.05) is 5.32 Å². The Morgan fingerprint density at radius 1 is 0.900 bits per heavy atom. The summed E-state index contributed by atoms with van der Waals surface area (Å²) >= 11 is 0. The maximum atomic E-state index is 13.7. The Morgan fingerprint density at radius 2 is 1.53 bits per heavy atom. The van der Waals surface area contributed by atoms with Gasteiger partial charge in [-0.25, -0.2) is 13.6 Å². The van der Waals surface area contributed by atoms with E-state index in [9.17, 15) is 18.4 Å². The molecule has 0 aliphatic carbocycles. The van der Waals surface area contributed by atoms with Gasteiger partial charge >= 0.3 is 5.97 Å². The summed E-state index contributed by atoms with van der Waals surface area (Å²) in [7, 11) is 0. The minimum absolute atomic E-state index is 0.409. The lowest BCUT2D eigenvalue weighted by Gasteiger charge is -2.14. The monoisotopic (exact) mass is 411 g/mol. The highest BCUT2D eigenvalue weighted by Gasteiger charge is 2.24. The van der Waals surface area contributed by atoms with Gasteiger partial charge in [0.15, 0.2) is 6.10 Å². The third-order valence-electron chi connectivity index (χ3n) is 4.19. The van der Waals surface area contributed by atoms with Crippen molar-refractivity contribution < 1.29 is 27.8 Å². The van der Waals surface area contributed by atoms with Crippen LogP contribution in [0.2, 0.25) is 0 Å². The largest absolute Gasteiger partial charge is 0.489 e. The molecule has 3 aromatic rings. The van der Waals surface area contributed by atoms with Crippen LogP contribution in [-0.4, -0.2) is 18.0 Å². The lowest BCUT2D eigenvalue weighted by Crippen LogP contribution is -2.30. The predicted octanol–water partition coefficient (Wildman–Crippen LogP) is 4.73. The van der Waals surface area contributed by atoms with E-state index in [0.717, 1.165) is 23.8 Å². The minimum atomic E-state index is -1.26. The van der Waals surface area contributed by atoms with Crippen molar-refractivity contribution in [1.82, 2.24) is 0 Å². The molecule has 0 radical (unpaired) electrons. The quantitative estimate of drug-likeness (QED) is 0.571. The molecule has 0 aliphatic rings. The van der Waals surface area contributed by atoms with Crippen LogP contribution in [0.4, 0.5) is 14.5 Å². The Balaban J connectivity index is 1.54. The average Bonchev–Trinajstić information content (AvgIpc) is 2.74. The summed E-state index contributed by atoms with van der Waals surface area (Å²) in [5.74, 6) is -3.39. The van der Waals surface area contributed by atoms with Gasteiger partial charge in [-0.15, -0.1) is 0 Å². The maximum Gasteiger partial charge on any atom is 0.344 e. The second-order valence-corrected chi connectivity index (χ2v) is 6.43. The topological polar surface area (TPSA) is 64.6 Å². The maximum absolute atomic E-state index is 13.7. The number of esters is 1. The normalized spacial score (nSPS) is 11.4. The molecular weight excluding hydrogens is 392 g/mol. The number of rotatable bonds is 7. The van der Waals surface area contributed by atoms with Gasteiger partial charge in [-0.2, -0.15) is 0 Å². The number of hydrogen-bond acceptors (Lipinski definition) is 4. The molecule has 1 N–H and O–H groups in total. The zero-order valence-corrected chi connectivity index (χ0v) is 16.1. The second kappa shape index (κ2) is 9.65. The number of nitrogens with one attached hydrogen (secondary N) is 1. The van der Waals surface area contributed by atoms with Gasteiger partial charge in [0.2, 0.25) is 0 Å². The molecule has 0 fully saturated rings. The molecule has 0 bridgehead atoms. The molecule has 3 aromatic carbocycles. The third-order valence-corrected chi connectivity index (χ3v) is 4.19. The standard InChI is InChI=1S/C23H19F2NO4/c1-15(30-23(28)21-19(24)8-5-9-20(21)25)22(27)26-17-10-12-18(13-11-17)29-14-16-6-3-2-4-7-16/h2-13,15H,14H2,1H3,(H,26,27)/t15-/m1/s1. The minimum Gasteiger partial charge on any atom is -0.489 e. The molecule has 3 rings (SSSR count). The summed E-state index contributed by atoms with van der Waals surface area (Å²) in [4.78, 5) is 24.2. The second-order valence-electron chi connectivity index (χ2n) is 6.43. The molecule has 30 heavy (non-hydrogen) atoms. The van der Waals surface area contributed by atoms with Crippen molar-refractivity contribution in [3.8, 4) is 5.75 Å². The van der Waals surface area contributed by atoms with E-state index >= 15 is 0 Å². The fraction of sp³-hybridized carbons (Fsp3) is 0.130. The van der Waals surface area contributed by atoms with Crippen LogP contribution in [0.3, 0.4) is 0 Å². The van der Waals surface area contributed by atoms with Gasteiger partial charge in [0, 0.05) is 5.69 Å². The summed E-state index contributed by atoms with van der Waals surface area (Å²) in [6.07, 6.45) is -1.26. The summed E-state index contributed by atoms with van der Waals surface area (Å²) in [6.45, 7) is 1.72. The zero-order chi connectivity index (χ0) is 21.5. The van der Waals surface area contributed by atoms with Crippen LogP contribution in [0.5, 0.6) is 5.75 Å². The van der Waals surface area contributed by atoms with Gasteiger partial charge in [0.05, 0.1) is 0 Å². The first-order chi connectivity index (χ1) is 14.4.